The van der Waals surface area contributed by atoms with Gasteiger partial charge in [0.2, 0.25) is 0 Å². The topological polar surface area (TPSA) is 71.4 Å². The number of aryl methyl sites for hydroxylation is 1. The fraction of sp³-hybridized carbons (Fsp3) is 0.133. The Morgan fingerprint density at radius 3 is 2.00 bits per heavy atom. The minimum absolute atomic E-state index is 0.112. The standard InChI is InChI=1S/C8H8O2.C7H7ClO2S/c9-8(10)6-7-4-2-1-3-5-7;1-6-2-4-7(5-3-6)11(8,9)10/h1-5H,6H2,(H,9,10);2-5H,1H3. The lowest BCUT2D eigenvalue weighted by molar-refractivity contribution is -0.136. The highest BCUT2D eigenvalue weighted by Gasteiger charge is 2.07. The molecule has 2 aromatic carbocycles. The Morgan fingerprint density at radius 1 is 1.05 bits per heavy atom. The van der Waals surface area contributed by atoms with Gasteiger partial charge in [-0.15, -0.1) is 0 Å². The van der Waals surface area contributed by atoms with Crippen LogP contribution in [0.5, 0.6) is 0 Å². The first-order valence-corrected chi connectivity index (χ1v) is 8.37. The third-order valence-corrected chi connectivity index (χ3v) is 3.87. The van der Waals surface area contributed by atoms with Crippen molar-refractivity contribution >= 4 is 25.7 Å². The van der Waals surface area contributed by atoms with Gasteiger partial charge >= 0.3 is 5.97 Å². The van der Waals surface area contributed by atoms with Crippen molar-refractivity contribution in [3.05, 3.63) is 65.7 Å². The smallest absolute Gasteiger partial charge is 0.307 e. The number of carbonyl (C=O) groups is 1. The summed E-state index contributed by atoms with van der Waals surface area (Å²) in [6.45, 7) is 1.88. The van der Waals surface area contributed by atoms with E-state index in [1.54, 1.807) is 24.3 Å². The third kappa shape index (κ3) is 6.92. The monoisotopic (exact) mass is 326 g/mol. The van der Waals surface area contributed by atoms with Crippen LogP contribution in [0.25, 0.3) is 0 Å². The van der Waals surface area contributed by atoms with E-state index in [0.29, 0.717) is 0 Å². The van der Waals surface area contributed by atoms with Crippen molar-refractivity contribution in [2.45, 2.75) is 18.2 Å². The Morgan fingerprint density at radius 2 is 1.57 bits per heavy atom. The largest absolute Gasteiger partial charge is 0.481 e. The van der Waals surface area contributed by atoms with Crippen molar-refractivity contribution in [3.8, 4) is 0 Å². The SMILES string of the molecule is Cc1ccc(S(=O)(=O)Cl)cc1.O=C(O)Cc1ccccc1. The fourth-order valence-corrected chi connectivity index (χ4v) is 2.24. The van der Waals surface area contributed by atoms with Crippen molar-refractivity contribution in [1.29, 1.82) is 0 Å². The first-order chi connectivity index (χ1) is 9.79. The molecule has 0 amide bonds. The van der Waals surface area contributed by atoms with Crippen molar-refractivity contribution < 1.29 is 18.3 Å². The van der Waals surface area contributed by atoms with Crippen LogP contribution in [0.3, 0.4) is 0 Å². The molecule has 0 spiro atoms. The molecule has 0 aromatic heterocycles. The average molecular weight is 327 g/mol. The third-order valence-electron chi connectivity index (χ3n) is 2.50. The molecule has 0 bridgehead atoms. The van der Waals surface area contributed by atoms with E-state index in [9.17, 15) is 13.2 Å². The summed E-state index contributed by atoms with van der Waals surface area (Å²) in [4.78, 5) is 10.3. The zero-order chi connectivity index (χ0) is 15.9. The predicted octanol–water partition coefficient (Wildman–Crippen LogP) is 3.24. The molecule has 0 fully saturated rings. The predicted molar refractivity (Wildman–Crippen MR) is 82.0 cm³/mol. The number of carboxylic acids is 1. The molecule has 0 saturated heterocycles. The van der Waals surface area contributed by atoms with Gasteiger partial charge in [-0.2, -0.15) is 0 Å². The summed E-state index contributed by atoms with van der Waals surface area (Å²) in [5.41, 5.74) is 1.85. The lowest BCUT2D eigenvalue weighted by Crippen LogP contribution is -1.98. The Balaban J connectivity index is 0.000000211. The van der Waals surface area contributed by atoms with E-state index < -0.39 is 15.0 Å². The molecule has 0 atom stereocenters. The van der Waals surface area contributed by atoms with E-state index in [0.717, 1.165) is 11.1 Å². The van der Waals surface area contributed by atoms with Gasteiger partial charge in [0.15, 0.2) is 0 Å². The van der Waals surface area contributed by atoms with Gasteiger partial charge in [0, 0.05) is 10.7 Å². The molecule has 2 aromatic rings. The minimum atomic E-state index is -3.55. The Bertz CT molecular complexity index is 679. The minimum Gasteiger partial charge on any atom is -0.481 e. The normalized spacial score (nSPS) is 10.4. The molecule has 0 saturated carbocycles. The van der Waals surface area contributed by atoms with E-state index in [2.05, 4.69) is 0 Å². The van der Waals surface area contributed by atoms with Crippen LogP contribution >= 0.6 is 10.7 Å². The van der Waals surface area contributed by atoms with E-state index >= 15 is 0 Å². The fourth-order valence-electron chi connectivity index (χ4n) is 1.47. The molecule has 0 heterocycles. The van der Waals surface area contributed by atoms with Gasteiger partial charge in [-0.3, -0.25) is 4.79 Å². The van der Waals surface area contributed by atoms with Crippen molar-refractivity contribution in [1.82, 2.24) is 0 Å². The van der Waals surface area contributed by atoms with Crippen LogP contribution in [-0.4, -0.2) is 19.5 Å². The van der Waals surface area contributed by atoms with Crippen LogP contribution in [-0.2, 0) is 20.3 Å². The van der Waals surface area contributed by atoms with Gasteiger partial charge in [0.05, 0.1) is 11.3 Å². The summed E-state index contributed by atoms with van der Waals surface area (Å²) in [7, 11) is 1.54. The Hall–Kier alpha value is -1.85. The molecule has 0 aliphatic heterocycles. The molecule has 1 N–H and O–H groups in total. The molecular weight excluding hydrogens is 312 g/mol. The highest BCUT2D eigenvalue weighted by molar-refractivity contribution is 8.13. The van der Waals surface area contributed by atoms with Crippen LogP contribution in [0.1, 0.15) is 11.1 Å². The number of hydrogen-bond acceptors (Lipinski definition) is 3. The second kappa shape index (κ2) is 7.81. The lowest BCUT2D eigenvalue weighted by Gasteiger charge is -1.94. The quantitative estimate of drug-likeness (QED) is 0.879. The second-order valence-electron chi connectivity index (χ2n) is 4.31. The highest BCUT2D eigenvalue weighted by Crippen LogP contribution is 2.14. The van der Waals surface area contributed by atoms with E-state index in [-0.39, 0.29) is 11.3 Å². The number of benzene rings is 2. The molecule has 0 aliphatic rings. The van der Waals surface area contributed by atoms with E-state index in [1.807, 2.05) is 25.1 Å². The summed E-state index contributed by atoms with van der Waals surface area (Å²) in [6.07, 6.45) is 0.112. The summed E-state index contributed by atoms with van der Waals surface area (Å²) in [6, 6.07) is 15.5. The van der Waals surface area contributed by atoms with Crippen LogP contribution < -0.4 is 0 Å². The molecule has 112 valence electrons. The maximum absolute atomic E-state index is 10.7. The number of carboxylic acid groups (broad SMARTS) is 1. The average Bonchev–Trinajstić information content (AvgIpc) is 2.39. The number of rotatable bonds is 3. The first-order valence-electron chi connectivity index (χ1n) is 6.06. The summed E-state index contributed by atoms with van der Waals surface area (Å²) in [5.74, 6) is -0.786. The molecule has 0 aliphatic carbocycles. The van der Waals surface area contributed by atoms with Gasteiger partial charge in [-0.05, 0) is 24.6 Å². The molecular formula is C15H15ClO4S. The van der Waals surface area contributed by atoms with E-state index in [1.165, 1.54) is 12.1 Å². The van der Waals surface area contributed by atoms with E-state index in [4.69, 9.17) is 15.8 Å². The molecule has 6 heteroatoms. The molecule has 0 unspecified atom stereocenters. The number of aliphatic carboxylic acids is 1. The Kier molecular flexibility index (Phi) is 6.39. The van der Waals surface area contributed by atoms with Crippen molar-refractivity contribution in [3.63, 3.8) is 0 Å². The second-order valence-corrected chi connectivity index (χ2v) is 6.87. The molecule has 4 nitrogen and oxygen atoms in total. The highest BCUT2D eigenvalue weighted by atomic mass is 35.7. The summed E-state index contributed by atoms with van der Waals surface area (Å²) >= 11 is 0. The lowest BCUT2D eigenvalue weighted by atomic mass is 10.2. The number of hydrogen-bond donors (Lipinski definition) is 1. The van der Waals surface area contributed by atoms with Crippen LogP contribution in [0.2, 0.25) is 0 Å². The molecule has 2 rings (SSSR count). The first kappa shape index (κ1) is 17.2. The van der Waals surface area contributed by atoms with Gasteiger partial charge < -0.3 is 5.11 Å². The van der Waals surface area contributed by atoms with Gasteiger partial charge in [0.25, 0.3) is 9.05 Å². The zero-order valence-corrected chi connectivity index (χ0v) is 12.9. The van der Waals surface area contributed by atoms with Crippen LogP contribution in [0, 0.1) is 6.92 Å². The van der Waals surface area contributed by atoms with Gasteiger partial charge in [-0.25, -0.2) is 8.42 Å². The maximum Gasteiger partial charge on any atom is 0.307 e. The van der Waals surface area contributed by atoms with Crippen LogP contribution in [0.4, 0.5) is 0 Å². The summed E-state index contributed by atoms with van der Waals surface area (Å²) in [5, 5.41) is 8.37. The molecule has 0 radical (unpaired) electrons. The number of halogens is 1. The van der Waals surface area contributed by atoms with Crippen molar-refractivity contribution in [2.75, 3.05) is 0 Å². The molecule has 21 heavy (non-hydrogen) atoms. The Labute approximate surface area is 128 Å². The summed E-state index contributed by atoms with van der Waals surface area (Å²) < 4.78 is 21.4. The zero-order valence-electron chi connectivity index (χ0n) is 11.4. The van der Waals surface area contributed by atoms with Gasteiger partial charge in [-0.1, -0.05) is 48.0 Å². The maximum atomic E-state index is 10.7. The van der Waals surface area contributed by atoms with Crippen molar-refractivity contribution in [2.24, 2.45) is 0 Å². The van der Waals surface area contributed by atoms with Gasteiger partial charge in [0.1, 0.15) is 0 Å². The van der Waals surface area contributed by atoms with Crippen LogP contribution in [0.15, 0.2) is 59.5 Å².